The fraction of sp³-hybridized carbons (Fsp3) is 0.400. The zero-order chi connectivity index (χ0) is 27.8. The molecular formula is C25H22F6N4O4. The van der Waals surface area contributed by atoms with E-state index in [4.69, 9.17) is 14.2 Å². The number of benzene rings is 1. The molecule has 0 fully saturated rings. The van der Waals surface area contributed by atoms with Crippen molar-refractivity contribution < 1.29 is 45.3 Å². The van der Waals surface area contributed by atoms with Crippen molar-refractivity contribution in [3.05, 3.63) is 64.6 Å². The molecule has 0 saturated carbocycles. The standard InChI is InChI=1S/C25H22F6N4O4/c26-24(27,28)13-38-10-16-2-1-3-18(32-16)21-19-12-37-7-6-35(19)34-22(21)23(36)33-17-9-14-8-15(25(29,30)31)4-5-20(14)39-11-17/h1-5,8,17H,6-7,9-13H2,(H,33,36)/t17-/m1/s1. The Balaban J connectivity index is 1.38. The van der Waals surface area contributed by atoms with Crippen molar-refractivity contribution >= 4 is 5.91 Å². The number of aromatic nitrogens is 3. The number of rotatable bonds is 6. The maximum atomic E-state index is 13.4. The molecule has 2 aliphatic rings. The third kappa shape index (κ3) is 6.17. The molecule has 1 N–H and O–H groups in total. The van der Waals surface area contributed by atoms with Gasteiger partial charge in [-0.25, -0.2) is 0 Å². The number of hydrogen-bond acceptors (Lipinski definition) is 6. The molecule has 208 valence electrons. The highest BCUT2D eigenvalue weighted by Gasteiger charge is 2.34. The van der Waals surface area contributed by atoms with E-state index in [0.717, 1.165) is 12.1 Å². The summed E-state index contributed by atoms with van der Waals surface area (Å²) in [4.78, 5) is 17.8. The summed E-state index contributed by atoms with van der Waals surface area (Å²) in [5.41, 5.74) is 0.927. The second-order valence-corrected chi connectivity index (χ2v) is 9.07. The van der Waals surface area contributed by atoms with Gasteiger partial charge >= 0.3 is 12.4 Å². The van der Waals surface area contributed by atoms with Gasteiger partial charge in [-0.15, -0.1) is 0 Å². The van der Waals surface area contributed by atoms with Gasteiger partial charge in [0.15, 0.2) is 5.69 Å². The first-order chi connectivity index (χ1) is 18.5. The maximum absolute atomic E-state index is 13.4. The quantitative estimate of drug-likeness (QED) is 0.456. The number of pyridine rings is 1. The predicted molar refractivity (Wildman–Crippen MR) is 123 cm³/mol. The van der Waals surface area contributed by atoms with E-state index in [0.29, 0.717) is 41.4 Å². The van der Waals surface area contributed by atoms with Crippen LogP contribution in [0.4, 0.5) is 26.3 Å². The van der Waals surface area contributed by atoms with Crippen LogP contribution in [0.5, 0.6) is 5.75 Å². The van der Waals surface area contributed by atoms with Gasteiger partial charge in [0.2, 0.25) is 0 Å². The van der Waals surface area contributed by atoms with Gasteiger partial charge in [0.05, 0.1) is 60.6 Å². The summed E-state index contributed by atoms with van der Waals surface area (Å²) in [7, 11) is 0. The Labute approximate surface area is 217 Å². The van der Waals surface area contributed by atoms with E-state index in [9.17, 15) is 31.1 Å². The number of nitrogens with zero attached hydrogens (tertiary/aromatic N) is 3. The third-order valence-corrected chi connectivity index (χ3v) is 6.17. The van der Waals surface area contributed by atoms with E-state index in [1.54, 1.807) is 16.8 Å². The Hall–Kier alpha value is -3.65. The summed E-state index contributed by atoms with van der Waals surface area (Å²) >= 11 is 0. The molecule has 0 bridgehead atoms. The lowest BCUT2D eigenvalue weighted by atomic mass is 9.99. The van der Waals surface area contributed by atoms with Gasteiger partial charge in [0.25, 0.3) is 5.91 Å². The van der Waals surface area contributed by atoms with E-state index in [1.165, 1.54) is 12.1 Å². The zero-order valence-corrected chi connectivity index (χ0v) is 20.2. The van der Waals surface area contributed by atoms with Crippen LogP contribution in [0.15, 0.2) is 36.4 Å². The number of carbonyl (C=O) groups excluding carboxylic acids is 1. The fourth-order valence-electron chi connectivity index (χ4n) is 4.46. The maximum Gasteiger partial charge on any atom is 0.416 e. The highest BCUT2D eigenvalue weighted by molar-refractivity contribution is 5.99. The number of fused-ring (bicyclic) bond motifs is 2. The van der Waals surface area contributed by atoms with E-state index in [1.807, 2.05) is 0 Å². The molecule has 1 atom stereocenters. The third-order valence-electron chi connectivity index (χ3n) is 6.17. The minimum absolute atomic E-state index is 0.00574. The summed E-state index contributed by atoms with van der Waals surface area (Å²) in [5, 5.41) is 7.20. The molecule has 14 heteroatoms. The Kier molecular flexibility index (Phi) is 7.25. The highest BCUT2D eigenvalue weighted by Crippen LogP contribution is 2.35. The Morgan fingerprint density at radius 1 is 1.15 bits per heavy atom. The van der Waals surface area contributed by atoms with Crippen LogP contribution in [0.1, 0.15) is 33.0 Å². The van der Waals surface area contributed by atoms with Crippen LogP contribution in [-0.2, 0) is 41.8 Å². The normalized spacial score (nSPS) is 17.2. The number of alkyl halides is 6. The summed E-state index contributed by atoms with van der Waals surface area (Å²) in [6.45, 7) is -0.923. The topological polar surface area (TPSA) is 87.5 Å². The van der Waals surface area contributed by atoms with Crippen LogP contribution in [0.3, 0.4) is 0 Å². The Morgan fingerprint density at radius 2 is 1.97 bits per heavy atom. The average molecular weight is 556 g/mol. The SMILES string of the molecule is O=C(N[C@H]1COc2ccc(C(F)(F)F)cc2C1)c1nn2c(c1-c1cccc(COCC(F)(F)F)n1)COCC2. The van der Waals surface area contributed by atoms with Crippen molar-refractivity contribution in [2.45, 2.75) is 44.6 Å². The first-order valence-corrected chi connectivity index (χ1v) is 11.9. The molecular weight excluding hydrogens is 534 g/mol. The molecule has 2 aromatic heterocycles. The van der Waals surface area contributed by atoms with Crippen LogP contribution in [-0.4, -0.2) is 52.7 Å². The minimum Gasteiger partial charge on any atom is -0.491 e. The van der Waals surface area contributed by atoms with Crippen molar-refractivity contribution in [1.29, 1.82) is 0 Å². The molecule has 4 heterocycles. The molecule has 8 nitrogen and oxygen atoms in total. The fourth-order valence-corrected chi connectivity index (χ4v) is 4.46. The van der Waals surface area contributed by atoms with Gasteiger partial charge in [0, 0.05) is 0 Å². The van der Waals surface area contributed by atoms with E-state index >= 15 is 0 Å². The number of hydrogen-bond donors (Lipinski definition) is 1. The van der Waals surface area contributed by atoms with Crippen LogP contribution in [0.2, 0.25) is 0 Å². The summed E-state index contributed by atoms with van der Waals surface area (Å²) in [6, 6.07) is 7.24. The van der Waals surface area contributed by atoms with E-state index in [2.05, 4.69) is 15.4 Å². The molecule has 0 unspecified atom stereocenters. The summed E-state index contributed by atoms with van der Waals surface area (Å²) in [5.74, 6) is -0.283. The second kappa shape index (κ2) is 10.5. The number of ether oxygens (including phenoxy) is 3. The van der Waals surface area contributed by atoms with Crippen LogP contribution >= 0.6 is 0 Å². The largest absolute Gasteiger partial charge is 0.491 e. The molecule has 3 aromatic rings. The predicted octanol–water partition coefficient (Wildman–Crippen LogP) is 4.31. The van der Waals surface area contributed by atoms with Crippen LogP contribution in [0.25, 0.3) is 11.3 Å². The monoisotopic (exact) mass is 556 g/mol. The van der Waals surface area contributed by atoms with Crippen molar-refractivity contribution in [3.8, 4) is 17.0 Å². The molecule has 39 heavy (non-hydrogen) atoms. The Bertz CT molecular complexity index is 1370. The molecule has 1 amide bonds. The van der Waals surface area contributed by atoms with E-state index in [-0.39, 0.29) is 31.0 Å². The van der Waals surface area contributed by atoms with Crippen LogP contribution in [0, 0.1) is 0 Å². The van der Waals surface area contributed by atoms with Crippen molar-refractivity contribution in [1.82, 2.24) is 20.1 Å². The number of carbonyl (C=O) groups is 1. The summed E-state index contributed by atoms with van der Waals surface area (Å²) in [6.07, 6.45) is -8.89. The highest BCUT2D eigenvalue weighted by atomic mass is 19.4. The van der Waals surface area contributed by atoms with Gasteiger partial charge in [-0.05, 0) is 42.3 Å². The molecule has 0 spiro atoms. The smallest absolute Gasteiger partial charge is 0.416 e. The number of nitrogens with one attached hydrogen (secondary N) is 1. The average Bonchev–Trinajstić information content (AvgIpc) is 3.27. The molecule has 5 rings (SSSR count). The second-order valence-electron chi connectivity index (χ2n) is 9.07. The first kappa shape index (κ1) is 26.9. The minimum atomic E-state index is -4.52. The Morgan fingerprint density at radius 3 is 2.74 bits per heavy atom. The molecule has 0 saturated heterocycles. The molecule has 2 aliphatic heterocycles. The van der Waals surface area contributed by atoms with Crippen molar-refractivity contribution in [3.63, 3.8) is 0 Å². The van der Waals surface area contributed by atoms with Gasteiger partial charge in [-0.3, -0.25) is 14.5 Å². The van der Waals surface area contributed by atoms with Crippen molar-refractivity contribution in [2.75, 3.05) is 19.8 Å². The van der Waals surface area contributed by atoms with Crippen LogP contribution < -0.4 is 10.1 Å². The lowest BCUT2D eigenvalue weighted by Gasteiger charge is -2.26. The number of amides is 1. The van der Waals surface area contributed by atoms with Crippen molar-refractivity contribution in [2.24, 2.45) is 0 Å². The summed E-state index contributed by atoms with van der Waals surface area (Å²) < 4.78 is 94.3. The number of halogens is 6. The molecule has 0 radical (unpaired) electrons. The molecule has 0 aliphatic carbocycles. The van der Waals surface area contributed by atoms with E-state index < -0.39 is 43.1 Å². The van der Waals surface area contributed by atoms with Gasteiger partial charge < -0.3 is 19.5 Å². The lowest BCUT2D eigenvalue weighted by molar-refractivity contribution is -0.176. The lowest BCUT2D eigenvalue weighted by Crippen LogP contribution is -2.43. The van der Waals surface area contributed by atoms with Gasteiger partial charge in [-0.2, -0.15) is 31.4 Å². The first-order valence-electron chi connectivity index (χ1n) is 11.9. The van der Waals surface area contributed by atoms with Gasteiger partial charge in [-0.1, -0.05) is 6.07 Å². The molecule has 1 aromatic carbocycles. The zero-order valence-electron chi connectivity index (χ0n) is 20.2. The van der Waals surface area contributed by atoms with Gasteiger partial charge in [0.1, 0.15) is 19.0 Å².